The van der Waals surface area contributed by atoms with Crippen molar-refractivity contribution >= 4 is 5.91 Å². The molecule has 1 aromatic rings. The van der Waals surface area contributed by atoms with E-state index in [0.717, 1.165) is 12.8 Å². The van der Waals surface area contributed by atoms with Crippen molar-refractivity contribution in [1.29, 1.82) is 0 Å². The molecule has 2 aliphatic heterocycles. The third kappa shape index (κ3) is 5.36. The molecule has 25 heavy (non-hydrogen) atoms. The molecule has 3 rings (SSSR count). The summed E-state index contributed by atoms with van der Waals surface area (Å²) >= 11 is 0. The number of ether oxygens (including phenoxy) is 1. The average molecular weight is 356 g/mol. The molecular formula is C18H23F3N2O2. The first-order chi connectivity index (χ1) is 11.9. The molecular weight excluding hydrogens is 333 g/mol. The number of hydrogen-bond donors (Lipinski definition) is 2. The Morgan fingerprint density at radius 2 is 1.88 bits per heavy atom. The molecule has 0 radical (unpaired) electrons. The van der Waals surface area contributed by atoms with Crippen LogP contribution >= 0.6 is 0 Å². The van der Waals surface area contributed by atoms with Crippen LogP contribution in [0.15, 0.2) is 24.3 Å². The lowest BCUT2D eigenvalue weighted by atomic mass is 9.89. The third-order valence-corrected chi connectivity index (χ3v) is 4.96. The molecule has 7 heteroatoms. The van der Waals surface area contributed by atoms with Crippen LogP contribution in [0.2, 0.25) is 0 Å². The highest BCUT2D eigenvalue weighted by molar-refractivity contribution is 5.76. The van der Waals surface area contributed by atoms with Gasteiger partial charge in [-0.25, -0.2) is 0 Å². The Morgan fingerprint density at radius 1 is 1.20 bits per heavy atom. The minimum absolute atomic E-state index is 0.0273. The van der Waals surface area contributed by atoms with Crippen LogP contribution in [0.4, 0.5) is 13.2 Å². The fraction of sp³-hybridized carbons (Fsp3) is 0.611. The number of rotatable bonds is 6. The highest BCUT2D eigenvalue weighted by Crippen LogP contribution is 2.32. The van der Waals surface area contributed by atoms with Gasteiger partial charge in [0.15, 0.2) is 0 Å². The quantitative estimate of drug-likeness (QED) is 0.823. The summed E-state index contributed by atoms with van der Waals surface area (Å²) in [6.07, 6.45) is 0.536. The predicted octanol–water partition coefficient (Wildman–Crippen LogP) is 3.16. The van der Waals surface area contributed by atoms with E-state index in [2.05, 4.69) is 15.4 Å². The monoisotopic (exact) mass is 356 g/mol. The molecule has 2 fully saturated rings. The van der Waals surface area contributed by atoms with Crippen LogP contribution in [0.3, 0.4) is 0 Å². The van der Waals surface area contributed by atoms with E-state index in [-0.39, 0.29) is 11.7 Å². The van der Waals surface area contributed by atoms with Gasteiger partial charge in [0, 0.05) is 25.0 Å². The molecule has 1 aromatic carbocycles. The zero-order valence-electron chi connectivity index (χ0n) is 13.9. The summed E-state index contributed by atoms with van der Waals surface area (Å²) in [7, 11) is 0. The van der Waals surface area contributed by atoms with Gasteiger partial charge in [0.05, 0.1) is 0 Å². The maximum Gasteiger partial charge on any atom is 0.573 e. The molecule has 2 N–H and O–H groups in total. The molecule has 4 nitrogen and oxygen atoms in total. The first kappa shape index (κ1) is 18.0. The maximum atomic E-state index is 12.4. The number of halogens is 3. The minimum atomic E-state index is -4.71. The van der Waals surface area contributed by atoms with Crippen molar-refractivity contribution < 1.29 is 22.7 Å². The second kappa shape index (κ2) is 7.64. The van der Waals surface area contributed by atoms with Gasteiger partial charge in [-0.05, 0) is 49.7 Å². The number of benzene rings is 1. The molecule has 2 aliphatic rings. The van der Waals surface area contributed by atoms with Crippen LogP contribution in [0.1, 0.15) is 37.7 Å². The van der Waals surface area contributed by atoms with Gasteiger partial charge >= 0.3 is 6.36 Å². The van der Waals surface area contributed by atoms with E-state index in [1.54, 1.807) is 12.1 Å². The molecule has 0 aliphatic carbocycles. The van der Waals surface area contributed by atoms with Gasteiger partial charge in [-0.15, -0.1) is 13.2 Å². The standard InChI is InChI=1S/C18H23F3N2O2/c19-18(20,21)25-16-4-2-1-3-13(16)7-8-22-17(24)11-12-9-14-5-6-15(10-12)23-14/h1-4,12,14-15,23H,5-11H2,(H,22,24). The van der Waals surface area contributed by atoms with E-state index in [4.69, 9.17) is 0 Å². The van der Waals surface area contributed by atoms with Crippen LogP contribution in [-0.4, -0.2) is 30.9 Å². The van der Waals surface area contributed by atoms with Crippen molar-refractivity contribution in [3.05, 3.63) is 29.8 Å². The zero-order chi connectivity index (χ0) is 17.9. The number of fused-ring (bicyclic) bond motifs is 2. The Kier molecular flexibility index (Phi) is 5.51. The summed E-state index contributed by atoms with van der Waals surface area (Å²) < 4.78 is 41.2. The Hall–Kier alpha value is -1.76. The summed E-state index contributed by atoms with van der Waals surface area (Å²) in [5, 5.41) is 6.37. The first-order valence-electron chi connectivity index (χ1n) is 8.75. The van der Waals surface area contributed by atoms with Gasteiger partial charge in [-0.3, -0.25) is 4.79 Å². The molecule has 2 saturated heterocycles. The number of carbonyl (C=O) groups is 1. The largest absolute Gasteiger partial charge is 0.573 e. The summed E-state index contributed by atoms with van der Waals surface area (Å²) in [5.74, 6) is 0.166. The number of nitrogens with one attached hydrogen (secondary N) is 2. The molecule has 2 atom stereocenters. The van der Waals surface area contributed by atoms with Crippen molar-refractivity contribution in [1.82, 2.24) is 10.6 Å². The van der Waals surface area contributed by atoms with Crippen LogP contribution in [-0.2, 0) is 11.2 Å². The predicted molar refractivity (Wildman–Crippen MR) is 87.1 cm³/mol. The summed E-state index contributed by atoms with van der Waals surface area (Å²) in [4.78, 5) is 12.1. The van der Waals surface area contributed by atoms with E-state index in [0.29, 0.717) is 43.0 Å². The molecule has 138 valence electrons. The third-order valence-electron chi connectivity index (χ3n) is 4.96. The molecule has 0 spiro atoms. The van der Waals surface area contributed by atoms with Crippen LogP contribution in [0.5, 0.6) is 5.75 Å². The van der Waals surface area contributed by atoms with Crippen molar-refractivity contribution in [2.24, 2.45) is 5.92 Å². The van der Waals surface area contributed by atoms with Crippen molar-refractivity contribution in [3.63, 3.8) is 0 Å². The van der Waals surface area contributed by atoms with Gasteiger partial charge in [-0.1, -0.05) is 18.2 Å². The fourth-order valence-electron chi connectivity index (χ4n) is 3.95. The zero-order valence-corrected chi connectivity index (χ0v) is 13.9. The number of hydrogen-bond acceptors (Lipinski definition) is 3. The topological polar surface area (TPSA) is 50.4 Å². The second-order valence-electron chi connectivity index (χ2n) is 6.93. The van der Waals surface area contributed by atoms with E-state index < -0.39 is 6.36 Å². The second-order valence-corrected chi connectivity index (χ2v) is 6.93. The maximum absolute atomic E-state index is 12.4. The highest BCUT2D eigenvalue weighted by atomic mass is 19.4. The Bertz CT molecular complexity index is 594. The number of alkyl halides is 3. The minimum Gasteiger partial charge on any atom is -0.406 e. The van der Waals surface area contributed by atoms with Crippen LogP contribution in [0, 0.1) is 5.92 Å². The lowest BCUT2D eigenvalue weighted by Gasteiger charge is -2.28. The molecule has 0 saturated carbocycles. The van der Waals surface area contributed by atoms with E-state index in [9.17, 15) is 18.0 Å². The van der Waals surface area contributed by atoms with Crippen LogP contribution in [0.25, 0.3) is 0 Å². The fourth-order valence-corrected chi connectivity index (χ4v) is 3.95. The number of amides is 1. The summed E-state index contributed by atoms with van der Waals surface area (Å²) in [5.41, 5.74) is 0.431. The molecule has 2 unspecified atom stereocenters. The summed E-state index contributed by atoms with van der Waals surface area (Å²) in [6.45, 7) is 0.300. The van der Waals surface area contributed by atoms with Crippen molar-refractivity contribution in [3.8, 4) is 5.75 Å². The van der Waals surface area contributed by atoms with Gasteiger partial charge in [-0.2, -0.15) is 0 Å². The first-order valence-corrected chi connectivity index (χ1v) is 8.75. The van der Waals surface area contributed by atoms with Gasteiger partial charge in [0.2, 0.25) is 5.91 Å². The van der Waals surface area contributed by atoms with Gasteiger partial charge in [0.25, 0.3) is 0 Å². The van der Waals surface area contributed by atoms with Gasteiger partial charge in [0.1, 0.15) is 5.75 Å². The number of carbonyl (C=O) groups excluding carboxylic acids is 1. The molecule has 0 aromatic heterocycles. The van der Waals surface area contributed by atoms with Gasteiger partial charge < -0.3 is 15.4 Å². The van der Waals surface area contributed by atoms with E-state index in [1.165, 1.54) is 25.0 Å². The van der Waals surface area contributed by atoms with E-state index in [1.807, 2.05) is 0 Å². The highest BCUT2D eigenvalue weighted by Gasteiger charge is 2.34. The molecule has 2 heterocycles. The Balaban J connectivity index is 1.44. The van der Waals surface area contributed by atoms with Crippen LogP contribution < -0.4 is 15.4 Å². The summed E-state index contributed by atoms with van der Waals surface area (Å²) in [6, 6.07) is 7.11. The molecule has 2 bridgehead atoms. The lowest BCUT2D eigenvalue weighted by molar-refractivity contribution is -0.274. The Morgan fingerprint density at radius 3 is 2.56 bits per heavy atom. The smallest absolute Gasteiger partial charge is 0.406 e. The lowest BCUT2D eigenvalue weighted by Crippen LogP contribution is -2.39. The van der Waals surface area contributed by atoms with Crippen molar-refractivity contribution in [2.75, 3.05) is 6.54 Å². The SMILES string of the molecule is O=C(CC1CC2CCC(C1)N2)NCCc1ccccc1OC(F)(F)F. The number of piperidine rings is 1. The van der Waals surface area contributed by atoms with Crippen molar-refractivity contribution in [2.45, 2.75) is 57.0 Å². The molecule has 1 amide bonds. The average Bonchev–Trinajstić information content (AvgIpc) is 2.86. The Labute approximate surface area is 145 Å². The van der Waals surface area contributed by atoms with E-state index >= 15 is 0 Å². The number of para-hydroxylation sites is 1. The normalized spacial score (nSPS) is 25.6.